The quantitative estimate of drug-likeness (QED) is 0.793. The highest BCUT2D eigenvalue weighted by Gasteiger charge is 2.19. The van der Waals surface area contributed by atoms with Crippen molar-refractivity contribution in [1.82, 2.24) is 5.32 Å². The average Bonchev–Trinajstić information content (AvgIpc) is 3.01. The van der Waals surface area contributed by atoms with Crippen molar-refractivity contribution >= 4 is 27.3 Å². The van der Waals surface area contributed by atoms with Gasteiger partial charge >= 0.3 is 0 Å². The van der Waals surface area contributed by atoms with E-state index in [-0.39, 0.29) is 0 Å². The van der Waals surface area contributed by atoms with E-state index in [4.69, 9.17) is 4.74 Å². The van der Waals surface area contributed by atoms with Crippen LogP contribution >= 0.6 is 27.3 Å². The van der Waals surface area contributed by atoms with Crippen LogP contribution in [0.1, 0.15) is 50.6 Å². The highest BCUT2D eigenvalue weighted by molar-refractivity contribution is 9.11. The Labute approximate surface area is 122 Å². The maximum atomic E-state index is 5.71. The zero-order valence-electron chi connectivity index (χ0n) is 11.0. The third-order valence-electron chi connectivity index (χ3n) is 3.43. The number of thiophene rings is 1. The number of nitrogens with one attached hydrogen (secondary N) is 1. The highest BCUT2D eigenvalue weighted by Crippen LogP contribution is 2.29. The van der Waals surface area contributed by atoms with Gasteiger partial charge in [0.05, 0.1) is 9.89 Å². The van der Waals surface area contributed by atoms with Gasteiger partial charge in [0.1, 0.15) is 0 Å². The maximum absolute atomic E-state index is 5.71. The first kappa shape index (κ1) is 14.5. The van der Waals surface area contributed by atoms with Gasteiger partial charge in [0.15, 0.2) is 0 Å². The monoisotopic (exact) mass is 331 g/mol. The van der Waals surface area contributed by atoms with Crippen molar-refractivity contribution in [2.45, 2.75) is 51.2 Å². The first-order valence-electron chi connectivity index (χ1n) is 6.88. The van der Waals surface area contributed by atoms with Crippen molar-refractivity contribution in [3.63, 3.8) is 0 Å². The maximum Gasteiger partial charge on any atom is 0.0701 e. The van der Waals surface area contributed by atoms with Crippen LogP contribution < -0.4 is 5.32 Å². The first-order chi connectivity index (χ1) is 8.79. The standard InChI is InChI=1S/C14H22BrNOS/c1-2-7-16-13(11-9-14(15)18-10-11)6-5-12-4-3-8-17-12/h9-10,12-13,16H,2-8H2,1H3. The minimum Gasteiger partial charge on any atom is -0.378 e. The molecule has 2 nitrogen and oxygen atoms in total. The van der Waals surface area contributed by atoms with Gasteiger partial charge in [-0.3, -0.25) is 0 Å². The fraction of sp³-hybridized carbons (Fsp3) is 0.714. The van der Waals surface area contributed by atoms with Crippen molar-refractivity contribution < 1.29 is 4.74 Å². The molecule has 1 N–H and O–H groups in total. The Kier molecular flexibility index (Phi) is 6.15. The van der Waals surface area contributed by atoms with Gasteiger partial charge in [-0.1, -0.05) is 6.92 Å². The molecule has 18 heavy (non-hydrogen) atoms. The predicted molar refractivity (Wildman–Crippen MR) is 81.3 cm³/mol. The molecule has 1 aromatic rings. The molecule has 1 fully saturated rings. The summed E-state index contributed by atoms with van der Waals surface area (Å²) in [6, 6.07) is 2.73. The highest BCUT2D eigenvalue weighted by atomic mass is 79.9. The molecule has 0 aromatic carbocycles. The Morgan fingerprint density at radius 3 is 3.11 bits per heavy atom. The molecule has 1 aliphatic heterocycles. The lowest BCUT2D eigenvalue weighted by atomic mass is 10.0. The van der Waals surface area contributed by atoms with E-state index < -0.39 is 0 Å². The van der Waals surface area contributed by atoms with Gasteiger partial charge in [-0.2, -0.15) is 0 Å². The Bertz CT molecular complexity index is 349. The Morgan fingerprint density at radius 2 is 2.50 bits per heavy atom. The summed E-state index contributed by atoms with van der Waals surface area (Å²) < 4.78 is 6.93. The van der Waals surface area contributed by atoms with E-state index >= 15 is 0 Å². The third kappa shape index (κ3) is 4.34. The summed E-state index contributed by atoms with van der Waals surface area (Å²) >= 11 is 5.32. The second kappa shape index (κ2) is 7.63. The van der Waals surface area contributed by atoms with Crippen LogP contribution in [0.15, 0.2) is 15.2 Å². The van der Waals surface area contributed by atoms with Crippen LogP contribution in [0, 0.1) is 0 Å². The van der Waals surface area contributed by atoms with Gasteiger partial charge in [0.2, 0.25) is 0 Å². The lowest BCUT2D eigenvalue weighted by molar-refractivity contribution is 0.0996. The first-order valence-corrected chi connectivity index (χ1v) is 8.55. The zero-order chi connectivity index (χ0) is 12.8. The van der Waals surface area contributed by atoms with Gasteiger partial charge in [-0.25, -0.2) is 0 Å². The molecule has 102 valence electrons. The lowest BCUT2D eigenvalue weighted by Gasteiger charge is -2.19. The number of ether oxygens (including phenoxy) is 1. The third-order valence-corrected chi connectivity index (χ3v) is 4.95. The van der Waals surface area contributed by atoms with Gasteiger partial charge < -0.3 is 10.1 Å². The fourth-order valence-electron chi connectivity index (χ4n) is 2.44. The molecule has 0 spiro atoms. The number of hydrogen-bond donors (Lipinski definition) is 1. The minimum atomic E-state index is 0.483. The van der Waals surface area contributed by atoms with Crippen LogP contribution in [-0.2, 0) is 4.74 Å². The summed E-state index contributed by atoms with van der Waals surface area (Å²) in [7, 11) is 0. The van der Waals surface area contributed by atoms with Crippen molar-refractivity contribution in [2.75, 3.05) is 13.2 Å². The van der Waals surface area contributed by atoms with Crippen molar-refractivity contribution in [3.8, 4) is 0 Å². The molecule has 0 radical (unpaired) electrons. The number of hydrogen-bond acceptors (Lipinski definition) is 3. The summed E-state index contributed by atoms with van der Waals surface area (Å²) in [6.45, 7) is 4.26. The molecule has 0 amide bonds. The topological polar surface area (TPSA) is 21.3 Å². The number of rotatable bonds is 7. The second-order valence-electron chi connectivity index (χ2n) is 4.90. The molecule has 0 bridgehead atoms. The van der Waals surface area contributed by atoms with E-state index in [0.29, 0.717) is 12.1 Å². The van der Waals surface area contributed by atoms with Crippen molar-refractivity contribution in [2.24, 2.45) is 0 Å². The van der Waals surface area contributed by atoms with E-state index in [9.17, 15) is 0 Å². The Morgan fingerprint density at radius 1 is 1.61 bits per heavy atom. The molecule has 2 unspecified atom stereocenters. The van der Waals surface area contributed by atoms with E-state index in [0.717, 1.165) is 13.2 Å². The summed E-state index contributed by atoms with van der Waals surface area (Å²) in [6.07, 6.45) is 6.51. The smallest absolute Gasteiger partial charge is 0.0701 e. The second-order valence-corrected chi connectivity index (χ2v) is 7.19. The van der Waals surface area contributed by atoms with Crippen molar-refractivity contribution in [1.29, 1.82) is 0 Å². The molecule has 1 saturated heterocycles. The zero-order valence-corrected chi connectivity index (χ0v) is 13.4. The van der Waals surface area contributed by atoms with Crippen LogP contribution in [0.4, 0.5) is 0 Å². The van der Waals surface area contributed by atoms with Crippen LogP contribution in [0.3, 0.4) is 0 Å². The largest absolute Gasteiger partial charge is 0.378 e. The van der Waals surface area contributed by atoms with Crippen molar-refractivity contribution in [3.05, 3.63) is 20.8 Å². The van der Waals surface area contributed by atoms with E-state index in [1.165, 1.54) is 41.5 Å². The summed E-state index contributed by atoms with van der Waals surface area (Å²) in [5, 5.41) is 5.91. The van der Waals surface area contributed by atoms with E-state index in [1.54, 1.807) is 11.3 Å². The molecular formula is C14H22BrNOS. The molecule has 2 rings (SSSR count). The van der Waals surface area contributed by atoms with Gasteiger partial charge in [0, 0.05) is 12.6 Å². The SMILES string of the molecule is CCCNC(CCC1CCCO1)c1csc(Br)c1. The Balaban J connectivity index is 1.87. The van der Waals surface area contributed by atoms with E-state index in [2.05, 4.69) is 39.6 Å². The van der Waals surface area contributed by atoms with Gasteiger partial charge in [-0.05, 0) is 71.6 Å². The molecule has 2 heterocycles. The molecule has 4 heteroatoms. The predicted octanol–water partition coefficient (Wildman–Crippen LogP) is 4.51. The molecule has 0 saturated carbocycles. The summed E-state index contributed by atoms with van der Waals surface area (Å²) in [5.41, 5.74) is 1.42. The van der Waals surface area contributed by atoms with Crippen LogP contribution in [-0.4, -0.2) is 19.3 Å². The normalized spacial score (nSPS) is 21.3. The van der Waals surface area contributed by atoms with Crippen LogP contribution in [0.2, 0.25) is 0 Å². The number of halogens is 1. The summed E-state index contributed by atoms with van der Waals surface area (Å²) in [4.78, 5) is 0. The van der Waals surface area contributed by atoms with Gasteiger partial charge in [0.25, 0.3) is 0 Å². The van der Waals surface area contributed by atoms with Gasteiger partial charge in [-0.15, -0.1) is 11.3 Å². The van der Waals surface area contributed by atoms with E-state index in [1.807, 2.05) is 0 Å². The summed E-state index contributed by atoms with van der Waals surface area (Å²) in [5.74, 6) is 0. The molecular weight excluding hydrogens is 310 g/mol. The van der Waals surface area contributed by atoms with Crippen LogP contribution in [0.5, 0.6) is 0 Å². The van der Waals surface area contributed by atoms with Crippen LogP contribution in [0.25, 0.3) is 0 Å². The average molecular weight is 332 g/mol. The fourth-order valence-corrected chi connectivity index (χ4v) is 3.67. The molecule has 2 atom stereocenters. The lowest BCUT2D eigenvalue weighted by Crippen LogP contribution is -2.23. The Hall–Kier alpha value is 0.100. The minimum absolute atomic E-state index is 0.483. The molecule has 1 aromatic heterocycles. The molecule has 0 aliphatic carbocycles. The molecule has 1 aliphatic rings.